The first-order valence-corrected chi connectivity index (χ1v) is 8.87. The Kier molecular flexibility index (Phi) is 6.41. The van der Waals surface area contributed by atoms with Crippen LogP contribution in [0.2, 0.25) is 0 Å². The van der Waals surface area contributed by atoms with Crippen LogP contribution >= 0.6 is 11.3 Å². The summed E-state index contributed by atoms with van der Waals surface area (Å²) < 4.78 is 0. The Balaban J connectivity index is 1.67. The Bertz CT molecular complexity index is 515. The first kappa shape index (κ1) is 17.7. The van der Waals surface area contributed by atoms with Crippen LogP contribution in [0, 0.1) is 0 Å². The van der Waals surface area contributed by atoms with Gasteiger partial charge >= 0.3 is 12.0 Å². The van der Waals surface area contributed by atoms with Crippen molar-refractivity contribution in [3.63, 3.8) is 0 Å². The molecule has 2 amide bonds. The van der Waals surface area contributed by atoms with Gasteiger partial charge in [0.25, 0.3) is 0 Å². The number of amides is 2. The van der Waals surface area contributed by atoms with Gasteiger partial charge in [-0.1, -0.05) is 13.0 Å². The third-order valence-corrected chi connectivity index (χ3v) is 5.26. The van der Waals surface area contributed by atoms with E-state index < -0.39 is 5.97 Å². The van der Waals surface area contributed by atoms with E-state index in [9.17, 15) is 9.59 Å². The Hall–Kier alpha value is -1.60. The molecule has 0 aliphatic heterocycles. The van der Waals surface area contributed by atoms with Crippen molar-refractivity contribution in [3.8, 4) is 0 Å². The fourth-order valence-corrected chi connectivity index (χ4v) is 3.49. The van der Waals surface area contributed by atoms with Gasteiger partial charge in [-0.25, -0.2) is 4.79 Å². The number of urea groups is 1. The van der Waals surface area contributed by atoms with E-state index in [2.05, 4.69) is 11.4 Å². The van der Waals surface area contributed by atoms with Crippen molar-refractivity contribution < 1.29 is 14.7 Å². The number of carbonyl (C=O) groups excluding carboxylic acids is 1. The standard InChI is InChI=1S/C16H25N3O3S/c1-3-19(11-15(20)21)13-9-12(10-13)17-16(22)18(2)7-6-14-5-4-8-23-14/h4-5,8,12-13H,3,6-7,9-11H2,1-2H3,(H,17,22)(H,20,21). The van der Waals surface area contributed by atoms with Crippen LogP contribution in [0.3, 0.4) is 0 Å². The minimum Gasteiger partial charge on any atom is -0.480 e. The molecule has 0 aromatic carbocycles. The minimum atomic E-state index is -0.798. The molecule has 0 saturated heterocycles. The number of rotatable bonds is 8. The summed E-state index contributed by atoms with van der Waals surface area (Å²) in [5.74, 6) is -0.798. The average molecular weight is 339 g/mol. The Morgan fingerprint density at radius 1 is 1.43 bits per heavy atom. The predicted molar refractivity (Wildman–Crippen MR) is 90.9 cm³/mol. The van der Waals surface area contributed by atoms with Crippen LogP contribution in [0.4, 0.5) is 4.79 Å². The lowest BCUT2D eigenvalue weighted by Gasteiger charge is -2.42. The molecule has 128 valence electrons. The van der Waals surface area contributed by atoms with Gasteiger partial charge in [-0.05, 0) is 37.3 Å². The lowest BCUT2D eigenvalue weighted by Crippen LogP contribution is -2.56. The van der Waals surface area contributed by atoms with Crippen LogP contribution in [-0.2, 0) is 11.2 Å². The quantitative estimate of drug-likeness (QED) is 0.758. The molecule has 1 fully saturated rings. The smallest absolute Gasteiger partial charge is 0.317 e. The van der Waals surface area contributed by atoms with Gasteiger partial charge in [0.15, 0.2) is 0 Å². The second kappa shape index (κ2) is 8.31. The molecule has 2 rings (SSSR count). The molecule has 23 heavy (non-hydrogen) atoms. The highest BCUT2D eigenvalue weighted by molar-refractivity contribution is 7.09. The maximum absolute atomic E-state index is 12.1. The number of carboxylic acid groups (broad SMARTS) is 1. The molecular formula is C16H25N3O3S. The molecule has 6 nitrogen and oxygen atoms in total. The maximum atomic E-state index is 12.1. The summed E-state index contributed by atoms with van der Waals surface area (Å²) in [6, 6.07) is 4.46. The molecular weight excluding hydrogens is 314 g/mol. The third kappa shape index (κ3) is 5.21. The Morgan fingerprint density at radius 3 is 2.74 bits per heavy atom. The molecule has 1 aromatic heterocycles. The lowest BCUT2D eigenvalue weighted by molar-refractivity contribution is -0.139. The van der Waals surface area contributed by atoms with Gasteiger partial charge in [-0.2, -0.15) is 0 Å². The summed E-state index contributed by atoms with van der Waals surface area (Å²) in [5, 5.41) is 14.0. The molecule has 1 saturated carbocycles. The highest BCUT2D eigenvalue weighted by Gasteiger charge is 2.35. The van der Waals surface area contributed by atoms with Gasteiger partial charge in [-0.15, -0.1) is 11.3 Å². The summed E-state index contributed by atoms with van der Waals surface area (Å²) >= 11 is 1.71. The van der Waals surface area contributed by atoms with Crippen molar-refractivity contribution in [2.75, 3.05) is 26.7 Å². The van der Waals surface area contributed by atoms with Gasteiger partial charge in [0.05, 0.1) is 6.54 Å². The zero-order valence-electron chi connectivity index (χ0n) is 13.7. The Labute approximate surface area is 141 Å². The zero-order chi connectivity index (χ0) is 16.8. The van der Waals surface area contributed by atoms with Crippen LogP contribution in [0.15, 0.2) is 17.5 Å². The van der Waals surface area contributed by atoms with Crippen LogP contribution in [-0.4, -0.2) is 65.7 Å². The van der Waals surface area contributed by atoms with E-state index in [0.717, 1.165) is 25.8 Å². The second-order valence-corrected chi connectivity index (χ2v) is 7.01. The summed E-state index contributed by atoms with van der Waals surface area (Å²) in [5.41, 5.74) is 0. The van der Waals surface area contributed by atoms with E-state index in [4.69, 9.17) is 5.11 Å². The number of aliphatic carboxylic acids is 1. The molecule has 0 radical (unpaired) electrons. The summed E-state index contributed by atoms with van der Waals surface area (Å²) in [4.78, 5) is 27.9. The molecule has 0 atom stereocenters. The van der Waals surface area contributed by atoms with E-state index in [1.807, 2.05) is 30.3 Å². The summed E-state index contributed by atoms with van der Waals surface area (Å²) in [6.45, 7) is 3.46. The van der Waals surface area contributed by atoms with Gasteiger partial charge in [0.1, 0.15) is 0 Å². The molecule has 1 aromatic rings. The second-order valence-electron chi connectivity index (χ2n) is 5.98. The topological polar surface area (TPSA) is 72.9 Å². The van der Waals surface area contributed by atoms with Crippen LogP contribution < -0.4 is 5.32 Å². The summed E-state index contributed by atoms with van der Waals surface area (Å²) in [7, 11) is 1.81. The number of carbonyl (C=O) groups is 2. The number of thiophene rings is 1. The number of likely N-dealkylation sites (N-methyl/N-ethyl adjacent to an activating group) is 2. The highest BCUT2D eigenvalue weighted by Crippen LogP contribution is 2.25. The van der Waals surface area contributed by atoms with E-state index in [1.54, 1.807) is 16.2 Å². The number of nitrogens with zero attached hydrogens (tertiary/aromatic N) is 2. The highest BCUT2D eigenvalue weighted by atomic mass is 32.1. The van der Waals surface area contributed by atoms with Gasteiger partial charge in [-0.3, -0.25) is 9.69 Å². The van der Waals surface area contributed by atoms with E-state index >= 15 is 0 Å². The lowest BCUT2D eigenvalue weighted by atomic mass is 9.85. The van der Waals surface area contributed by atoms with Gasteiger partial charge < -0.3 is 15.3 Å². The fraction of sp³-hybridized carbons (Fsp3) is 0.625. The number of carboxylic acids is 1. The van der Waals surface area contributed by atoms with Crippen molar-refractivity contribution in [2.45, 2.75) is 38.3 Å². The van der Waals surface area contributed by atoms with Crippen molar-refractivity contribution in [2.24, 2.45) is 0 Å². The normalized spacial score (nSPS) is 20.1. The molecule has 1 aliphatic rings. The van der Waals surface area contributed by atoms with E-state index in [1.165, 1.54) is 4.88 Å². The molecule has 0 unspecified atom stereocenters. The SMILES string of the molecule is CCN(CC(=O)O)C1CC(NC(=O)N(C)CCc2cccs2)C1. The number of hydrogen-bond acceptors (Lipinski definition) is 4. The van der Waals surface area contributed by atoms with E-state index in [-0.39, 0.29) is 24.7 Å². The number of hydrogen-bond donors (Lipinski definition) is 2. The average Bonchev–Trinajstić information content (AvgIpc) is 2.98. The molecule has 7 heteroatoms. The van der Waals surface area contributed by atoms with Crippen molar-refractivity contribution in [1.82, 2.24) is 15.1 Å². The zero-order valence-corrected chi connectivity index (χ0v) is 14.5. The fourth-order valence-electron chi connectivity index (χ4n) is 2.80. The van der Waals surface area contributed by atoms with Crippen LogP contribution in [0.1, 0.15) is 24.6 Å². The van der Waals surface area contributed by atoms with E-state index in [0.29, 0.717) is 6.54 Å². The van der Waals surface area contributed by atoms with Crippen LogP contribution in [0.25, 0.3) is 0 Å². The van der Waals surface area contributed by atoms with Crippen molar-refractivity contribution in [3.05, 3.63) is 22.4 Å². The monoisotopic (exact) mass is 339 g/mol. The first-order valence-electron chi connectivity index (χ1n) is 7.99. The summed E-state index contributed by atoms with van der Waals surface area (Å²) in [6.07, 6.45) is 2.52. The molecule has 0 bridgehead atoms. The van der Waals surface area contributed by atoms with Gasteiger partial charge in [0, 0.05) is 30.6 Å². The molecule has 1 heterocycles. The maximum Gasteiger partial charge on any atom is 0.317 e. The van der Waals surface area contributed by atoms with Crippen molar-refractivity contribution in [1.29, 1.82) is 0 Å². The third-order valence-electron chi connectivity index (χ3n) is 4.32. The predicted octanol–water partition coefficient (Wildman–Crippen LogP) is 1.87. The molecule has 2 N–H and O–H groups in total. The van der Waals surface area contributed by atoms with Gasteiger partial charge in [0.2, 0.25) is 0 Å². The molecule has 1 aliphatic carbocycles. The molecule has 0 spiro atoms. The van der Waals surface area contributed by atoms with Crippen LogP contribution in [0.5, 0.6) is 0 Å². The largest absolute Gasteiger partial charge is 0.480 e. The van der Waals surface area contributed by atoms with Crippen molar-refractivity contribution >= 4 is 23.3 Å². The number of nitrogens with one attached hydrogen (secondary N) is 1. The Morgan fingerprint density at radius 2 is 2.17 bits per heavy atom. The minimum absolute atomic E-state index is 0.0497. The first-order chi connectivity index (χ1) is 11.0.